The van der Waals surface area contributed by atoms with Gasteiger partial charge in [-0.3, -0.25) is 0 Å². The summed E-state index contributed by atoms with van der Waals surface area (Å²) < 4.78 is 0.383. The molecular formula is C13H28N2S. The molecule has 1 rings (SSSR count). The van der Waals surface area contributed by atoms with Gasteiger partial charge in [-0.05, 0) is 57.5 Å². The summed E-state index contributed by atoms with van der Waals surface area (Å²) in [5.74, 6) is 0.846. The van der Waals surface area contributed by atoms with Crippen molar-refractivity contribution >= 4 is 11.8 Å². The van der Waals surface area contributed by atoms with Gasteiger partial charge < -0.3 is 10.6 Å². The molecule has 1 heterocycles. The Hall–Kier alpha value is 0.270. The van der Waals surface area contributed by atoms with E-state index in [1.54, 1.807) is 0 Å². The normalized spacial score (nSPS) is 21.6. The fraction of sp³-hybridized carbons (Fsp3) is 1.00. The molecule has 1 aliphatic heterocycles. The van der Waals surface area contributed by atoms with Gasteiger partial charge in [0.2, 0.25) is 0 Å². The monoisotopic (exact) mass is 244 g/mol. The van der Waals surface area contributed by atoms with Crippen LogP contribution in [0.1, 0.15) is 39.5 Å². The van der Waals surface area contributed by atoms with Gasteiger partial charge in [-0.2, -0.15) is 11.8 Å². The SMILES string of the molecule is CSC1(CN)CCN(CCCC(C)C)CC1. The smallest absolute Gasteiger partial charge is 0.0303 e. The first kappa shape index (κ1) is 14.3. The molecule has 0 spiro atoms. The van der Waals surface area contributed by atoms with Gasteiger partial charge in [-0.25, -0.2) is 0 Å². The van der Waals surface area contributed by atoms with Crippen LogP contribution in [0.4, 0.5) is 0 Å². The van der Waals surface area contributed by atoms with E-state index in [9.17, 15) is 0 Å². The molecule has 0 bridgehead atoms. The zero-order valence-electron chi connectivity index (χ0n) is 11.2. The number of piperidine rings is 1. The minimum absolute atomic E-state index is 0.383. The summed E-state index contributed by atoms with van der Waals surface area (Å²) in [5.41, 5.74) is 5.89. The van der Waals surface area contributed by atoms with Gasteiger partial charge in [0.15, 0.2) is 0 Å². The third-order valence-corrected chi connectivity index (χ3v) is 5.27. The van der Waals surface area contributed by atoms with Crippen molar-refractivity contribution < 1.29 is 0 Å². The van der Waals surface area contributed by atoms with Crippen LogP contribution in [0.5, 0.6) is 0 Å². The molecule has 3 heteroatoms. The Balaban J connectivity index is 2.21. The summed E-state index contributed by atoms with van der Waals surface area (Å²) in [6.07, 6.45) is 7.47. The van der Waals surface area contributed by atoms with Crippen molar-refractivity contribution in [3.05, 3.63) is 0 Å². The van der Waals surface area contributed by atoms with Gasteiger partial charge in [0.1, 0.15) is 0 Å². The summed E-state index contributed by atoms with van der Waals surface area (Å²) in [6.45, 7) is 9.24. The molecule has 1 saturated heterocycles. The Morgan fingerprint density at radius 3 is 2.38 bits per heavy atom. The fourth-order valence-electron chi connectivity index (χ4n) is 2.40. The third-order valence-electron chi connectivity index (χ3n) is 3.83. The van der Waals surface area contributed by atoms with E-state index in [0.29, 0.717) is 4.75 Å². The standard InChI is InChI=1S/C13H28N2S/c1-12(2)5-4-8-15-9-6-13(11-14,16-3)7-10-15/h12H,4-11,14H2,1-3H3. The summed E-state index contributed by atoms with van der Waals surface area (Å²) in [7, 11) is 0. The fourth-order valence-corrected chi connectivity index (χ4v) is 3.16. The van der Waals surface area contributed by atoms with E-state index in [2.05, 4.69) is 25.0 Å². The van der Waals surface area contributed by atoms with E-state index in [1.165, 1.54) is 45.3 Å². The summed E-state index contributed by atoms with van der Waals surface area (Å²) in [5, 5.41) is 0. The highest BCUT2D eigenvalue weighted by atomic mass is 32.2. The van der Waals surface area contributed by atoms with Crippen LogP contribution >= 0.6 is 11.8 Å². The number of nitrogens with zero attached hydrogens (tertiary/aromatic N) is 1. The average Bonchev–Trinajstić information content (AvgIpc) is 2.30. The molecule has 0 unspecified atom stereocenters. The second-order valence-electron chi connectivity index (χ2n) is 5.47. The van der Waals surface area contributed by atoms with Crippen molar-refractivity contribution in [2.75, 3.05) is 32.4 Å². The Bertz CT molecular complexity index is 180. The lowest BCUT2D eigenvalue weighted by Crippen LogP contribution is -2.46. The maximum Gasteiger partial charge on any atom is 0.0303 e. The molecule has 0 aromatic heterocycles. The molecule has 0 aliphatic carbocycles. The predicted octanol–water partition coefficient (Wildman–Crippen LogP) is 2.58. The minimum Gasteiger partial charge on any atom is -0.329 e. The van der Waals surface area contributed by atoms with Gasteiger partial charge in [0.25, 0.3) is 0 Å². The summed E-state index contributed by atoms with van der Waals surface area (Å²) >= 11 is 1.97. The van der Waals surface area contributed by atoms with Gasteiger partial charge in [0, 0.05) is 11.3 Å². The van der Waals surface area contributed by atoms with E-state index >= 15 is 0 Å². The number of hydrogen-bond acceptors (Lipinski definition) is 3. The quantitative estimate of drug-likeness (QED) is 0.779. The average molecular weight is 244 g/mol. The zero-order chi connectivity index (χ0) is 12.0. The highest BCUT2D eigenvalue weighted by molar-refractivity contribution is 8.00. The van der Waals surface area contributed by atoms with E-state index in [4.69, 9.17) is 5.73 Å². The van der Waals surface area contributed by atoms with Crippen molar-refractivity contribution in [2.24, 2.45) is 11.7 Å². The van der Waals surface area contributed by atoms with Crippen molar-refractivity contribution in [3.8, 4) is 0 Å². The second-order valence-corrected chi connectivity index (χ2v) is 6.74. The highest BCUT2D eigenvalue weighted by Crippen LogP contribution is 2.33. The Labute approximate surface area is 105 Å². The van der Waals surface area contributed by atoms with Crippen LogP contribution < -0.4 is 5.73 Å². The number of thioether (sulfide) groups is 1. The Morgan fingerprint density at radius 2 is 1.94 bits per heavy atom. The Kier molecular flexibility index (Phi) is 6.16. The Morgan fingerprint density at radius 1 is 1.31 bits per heavy atom. The van der Waals surface area contributed by atoms with Crippen LogP contribution in [0, 0.1) is 5.92 Å². The predicted molar refractivity (Wildman–Crippen MR) is 75.0 cm³/mol. The number of likely N-dealkylation sites (tertiary alicyclic amines) is 1. The van der Waals surface area contributed by atoms with Gasteiger partial charge in [-0.15, -0.1) is 0 Å². The lowest BCUT2D eigenvalue weighted by Gasteiger charge is -2.40. The topological polar surface area (TPSA) is 29.3 Å². The second kappa shape index (κ2) is 6.87. The molecule has 0 saturated carbocycles. The molecule has 0 aromatic rings. The molecule has 0 atom stereocenters. The first-order valence-electron chi connectivity index (χ1n) is 6.59. The van der Waals surface area contributed by atoms with Crippen LogP contribution in [-0.4, -0.2) is 42.1 Å². The van der Waals surface area contributed by atoms with Crippen molar-refractivity contribution in [2.45, 2.75) is 44.3 Å². The molecule has 0 aromatic carbocycles. The molecule has 96 valence electrons. The van der Waals surface area contributed by atoms with Crippen LogP contribution in [0.2, 0.25) is 0 Å². The minimum atomic E-state index is 0.383. The molecule has 16 heavy (non-hydrogen) atoms. The van der Waals surface area contributed by atoms with Crippen LogP contribution in [0.3, 0.4) is 0 Å². The molecule has 0 amide bonds. The third kappa shape index (κ3) is 4.27. The van der Waals surface area contributed by atoms with Gasteiger partial charge in [0.05, 0.1) is 0 Å². The first-order chi connectivity index (χ1) is 7.62. The molecular weight excluding hydrogens is 216 g/mol. The van der Waals surface area contributed by atoms with Gasteiger partial charge in [-0.1, -0.05) is 13.8 Å². The molecule has 2 nitrogen and oxygen atoms in total. The first-order valence-corrected chi connectivity index (χ1v) is 7.82. The van der Waals surface area contributed by atoms with Crippen LogP contribution in [0.15, 0.2) is 0 Å². The zero-order valence-corrected chi connectivity index (χ0v) is 12.0. The van der Waals surface area contributed by atoms with E-state index in [1.807, 2.05) is 11.8 Å². The lowest BCUT2D eigenvalue weighted by molar-refractivity contribution is 0.197. The highest BCUT2D eigenvalue weighted by Gasteiger charge is 2.32. The van der Waals surface area contributed by atoms with Crippen LogP contribution in [-0.2, 0) is 0 Å². The molecule has 1 fully saturated rings. The van der Waals surface area contributed by atoms with Crippen molar-refractivity contribution in [1.82, 2.24) is 4.90 Å². The lowest BCUT2D eigenvalue weighted by atomic mass is 9.95. The van der Waals surface area contributed by atoms with Crippen LogP contribution in [0.25, 0.3) is 0 Å². The maximum atomic E-state index is 5.89. The molecule has 0 radical (unpaired) electrons. The molecule has 2 N–H and O–H groups in total. The van der Waals surface area contributed by atoms with Crippen molar-refractivity contribution in [3.63, 3.8) is 0 Å². The number of hydrogen-bond donors (Lipinski definition) is 1. The summed E-state index contributed by atoms with van der Waals surface area (Å²) in [6, 6.07) is 0. The van der Waals surface area contributed by atoms with E-state index in [0.717, 1.165) is 12.5 Å². The summed E-state index contributed by atoms with van der Waals surface area (Å²) in [4.78, 5) is 2.62. The number of rotatable bonds is 6. The van der Waals surface area contributed by atoms with E-state index < -0.39 is 0 Å². The van der Waals surface area contributed by atoms with E-state index in [-0.39, 0.29) is 0 Å². The molecule has 1 aliphatic rings. The largest absolute Gasteiger partial charge is 0.329 e. The maximum absolute atomic E-state index is 5.89. The van der Waals surface area contributed by atoms with Gasteiger partial charge >= 0.3 is 0 Å². The number of nitrogens with two attached hydrogens (primary N) is 1. The van der Waals surface area contributed by atoms with Crippen molar-refractivity contribution in [1.29, 1.82) is 0 Å².